The Morgan fingerprint density at radius 3 is 2.53 bits per heavy atom. The quantitative estimate of drug-likeness (QED) is 0.826. The zero-order valence-electron chi connectivity index (χ0n) is 9.51. The Kier molecular flexibility index (Phi) is 4.10. The van der Waals surface area contributed by atoms with E-state index in [4.69, 9.17) is 11.6 Å². The number of hydrogen-bond acceptors (Lipinski definition) is 1. The van der Waals surface area contributed by atoms with E-state index < -0.39 is 0 Å². The molecule has 1 aliphatic carbocycles. The van der Waals surface area contributed by atoms with Crippen LogP contribution in [0.2, 0.25) is 5.02 Å². The van der Waals surface area contributed by atoms with Crippen LogP contribution in [0.3, 0.4) is 0 Å². The summed E-state index contributed by atoms with van der Waals surface area (Å²) in [6, 6.07) is 6.98. The second-order valence-corrected chi connectivity index (χ2v) is 5.86. The first-order chi connectivity index (χ1) is 8.15. The summed E-state index contributed by atoms with van der Waals surface area (Å²) in [5.41, 5.74) is 1.02. The average Bonchev–Trinajstić information content (AvgIpc) is 3.08. The zero-order valence-corrected chi connectivity index (χ0v) is 11.9. The van der Waals surface area contributed by atoms with Crippen LogP contribution in [0.5, 0.6) is 0 Å². The monoisotopic (exact) mass is 315 g/mol. The molecule has 0 aliphatic heterocycles. The summed E-state index contributed by atoms with van der Waals surface area (Å²) in [6.45, 7) is 0.778. The molecule has 1 amide bonds. The van der Waals surface area contributed by atoms with Crippen molar-refractivity contribution in [3.05, 3.63) is 34.9 Å². The van der Waals surface area contributed by atoms with Crippen molar-refractivity contribution in [1.82, 2.24) is 5.32 Å². The number of rotatable bonds is 5. The molecule has 1 saturated carbocycles. The maximum Gasteiger partial charge on any atom is 0.251 e. The predicted octanol–water partition coefficient (Wildman–Crippen LogP) is 3.64. The lowest BCUT2D eigenvalue weighted by molar-refractivity contribution is 0.0944. The molecule has 1 N–H and O–H groups in total. The smallest absolute Gasteiger partial charge is 0.251 e. The predicted molar refractivity (Wildman–Crippen MR) is 73.9 cm³/mol. The fraction of sp³-hybridized carbons (Fsp3) is 0.462. The number of carbonyl (C=O) groups is 1. The number of hydrogen-bond donors (Lipinski definition) is 1. The van der Waals surface area contributed by atoms with Crippen LogP contribution in [0.4, 0.5) is 0 Å². The van der Waals surface area contributed by atoms with Gasteiger partial charge in [-0.1, -0.05) is 27.5 Å². The fourth-order valence-corrected chi connectivity index (χ4v) is 2.83. The Morgan fingerprint density at radius 1 is 1.35 bits per heavy atom. The number of halogens is 2. The molecule has 0 radical (unpaired) electrons. The van der Waals surface area contributed by atoms with E-state index in [-0.39, 0.29) is 5.91 Å². The summed E-state index contributed by atoms with van der Waals surface area (Å²) in [5.74, 6) is -0.0116. The summed E-state index contributed by atoms with van der Waals surface area (Å²) in [6.07, 6.45) is 3.58. The van der Waals surface area contributed by atoms with Gasteiger partial charge in [-0.25, -0.2) is 0 Å². The Bertz CT molecular complexity index is 400. The van der Waals surface area contributed by atoms with Gasteiger partial charge in [-0.15, -0.1) is 0 Å². The SMILES string of the molecule is O=C(NCC1(CCBr)CC1)c1ccc(Cl)cc1. The molecule has 1 aliphatic rings. The summed E-state index contributed by atoms with van der Waals surface area (Å²) in [7, 11) is 0. The number of nitrogens with one attached hydrogen (secondary N) is 1. The second kappa shape index (κ2) is 5.40. The van der Waals surface area contributed by atoms with Crippen molar-refractivity contribution >= 4 is 33.4 Å². The summed E-state index contributed by atoms with van der Waals surface area (Å²) in [5, 5.41) is 4.66. The van der Waals surface area contributed by atoms with Gasteiger partial charge in [0.15, 0.2) is 0 Å². The first-order valence-corrected chi connectivity index (χ1v) is 7.25. The minimum Gasteiger partial charge on any atom is -0.351 e. The summed E-state index contributed by atoms with van der Waals surface area (Å²) >= 11 is 9.24. The Hall–Kier alpha value is -0.540. The molecule has 0 unspecified atom stereocenters. The molecule has 0 bridgehead atoms. The minimum absolute atomic E-state index is 0.0116. The molecule has 1 fully saturated rings. The van der Waals surface area contributed by atoms with Gasteiger partial charge in [0, 0.05) is 22.5 Å². The van der Waals surface area contributed by atoms with Crippen molar-refractivity contribution in [1.29, 1.82) is 0 Å². The first-order valence-electron chi connectivity index (χ1n) is 5.75. The number of alkyl halides is 1. The number of carbonyl (C=O) groups excluding carboxylic acids is 1. The van der Waals surface area contributed by atoms with Crippen molar-refractivity contribution in [2.24, 2.45) is 5.41 Å². The molecule has 1 aromatic carbocycles. The topological polar surface area (TPSA) is 29.1 Å². The highest BCUT2D eigenvalue weighted by Gasteiger charge is 2.41. The van der Waals surface area contributed by atoms with Crippen LogP contribution in [-0.2, 0) is 0 Å². The van der Waals surface area contributed by atoms with E-state index >= 15 is 0 Å². The first kappa shape index (κ1) is 12.9. The van der Waals surface area contributed by atoms with Crippen molar-refractivity contribution < 1.29 is 4.79 Å². The molecule has 0 atom stereocenters. The molecule has 2 rings (SSSR count). The molecule has 0 heterocycles. The van der Waals surface area contributed by atoms with Gasteiger partial charge in [-0.05, 0) is 48.9 Å². The molecule has 0 aromatic heterocycles. The average molecular weight is 317 g/mol. The van der Waals surface area contributed by atoms with E-state index in [9.17, 15) is 4.79 Å². The Labute approximate surface area is 115 Å². The normalized spacial score (nSPS) is 16.6. The van der Waals surface area contributed by atoms with E-state index in [0.717, 1.165) is 18.3 Å². The van der Waals surface area contributed by atoms with Gasteiger partial charge >= 0.3 is 0 Å². The standard InChI is InChI=1S/C13H15BrClNO/c14-8-7-13(5-6-13)9-16-12(17)10-1-3-11(15)4-2-10/h1-4H,5-9H2,(H,16,17). The van der Waals surface area contributed by atoms with Crippen LogP contribution in [0.25, 0.3) is 0 Å². The third-order valence-electron chi connectivity index (χ3n) is 3.31. The lowest BCUT2D eigenvalue weighted by Crippen LogP contribution is -2.30. The summed E-state index contributed by atoms with van der Waals surface area (Å²) < 4.78 is 0. The lowest BCUT2D eigenvalue weighted by atomic mass is 10.0. The maximum atomic E-state index is 11.9. The van der Waals surface area contributed by atoms with Crippen molar-refractivity contribution in [2.45, 2.75) is 19.3 Å². The largest absolute Gasteiger partial charge is 0.351 e. The van der Waals surface area contributed by atoms with Gasteiger partial charge in [0.05, 0.1) is 0 Å². The maximum absolute atomic E-state index is 11.9. The van der Waals surface area contributed by atoms with E-state index in [1.807, 2.05) is 0 Å². The van der Waals surface area contributed by atoms with Gasteiger partial charge in [0.1, 0.15) is 0 Å². The number of amides is 1. The molecular formula is C13H15BrClNO. The minimum atomic E-state index is -0.0116. The lowest BCUT2D eigenvalue weighted by Gasteiger charge is -2.14. The van der Waals surface area contributed by atoms with Gasteiger partial charge in [0.2, 0.25) is 0 Å². The highest BCUT2D eigenvalue weighted by molar-refractivity contribution is 9.09. The Morgan fingerprint density at radius 2 is 2.00 bits per heavy atom. The van der Waals surface area contributed by atoms with Crippen molar-refractivity contribution in [2.75, 3.05) is 11.9 Å². The van der Waals surface area contributed by atoms with Crippen LogP contribution in [-0.4, -0.2) is 17.8 Å². The van der Waals surface area contributed by atoms with E-state index in [1.165, 1.54) is 12.8 Å². The van der Waals surface area contributed by atoms with Gasteiger partial charge in [-0.2, -0.15) is 0 Å². The molecule has 92 valence electrons. The molecule has 1 aromatic rings. The molecule has 4 heteroatoms. The van der Waals surface area contributed by atoms with Crippen LogP contribution in [0, 0.1) is 5.41 Å². The van der Waals surface area contributed by atoms with Crippen molar-refractivity contribution in [3.63, 3.8) is 0 Å². The highest BCUT2D eigenvalue weighted by Crippen LogP contribution is 2.48. The number of benzene rings is 1. The zero-order chi connectivity index (χ0) is 12.3. The van der Waals surface area contributed by atoms with E-state index in [1.54, 1.807) is 24.3 Å². The highest BCUT2D eigenvalue weighted by atomic mass is 79.9. The van der Waals surface area contributed by atoms with Crippen LogP contribution >= 0.6 is 27.5 Å². The van der Waals surface area contributed by atoms with Gasteiger partial charge in [-0.3, -0.25) is 4.79 Å². The summed E-state index contributed by atoms with van der Waals surface area (Å²) in [4.78, 5) is 11.9. The van der Waals surface area contributed by atoms with Gasteiger partial charge in [0.25, 0.3) is 5.91 Å². The van der Waals surface area contributed by atoms with Crippen LogP contribution < -0.4 is 5.32 Å². The fourth-order valence-electron chi connectivity index (χ4n) is 1.86. The van der Waals surface area contributed by atoms with Gasteiger partial charge < -0.3 is 5.32 Å². The molecule has 2 nitrogen and oxygen atoms in total. The molecule has 17 heavy (non-hydrogen) atoms. The third kappa shape index (κ3) is 3.46. The van der Waals surface area contributed by atoms with Crippen LogP contribution in [0.1, 0.15) is 29.6 Å². The van der Waals surface area contributed by atoms with Crippen LogP contribution in [0.15, 0.2) is 24.3 Å². The van der Waals surface area contributed by atoms with E-state index in [2.05, 4.69) is 21.2 Å². The molecular weight excluding hydrogens is 302 g/mol. The van der Waals surface area contributed by atoms with E-state index in [0.29, 0.717) is 16.0 Å². The third-order valence-corrected chi connectivity index (χ3v) is 3.96. The van der Waals surface area contributed by atoms with Crippen molar-refractivity contribution in [3.8, 4) is 0 Å². The molecule has 0 saturated heterocycles. The second-order valence-electron chi connectivity index (χ2n) is 4.63. The Balaban J connectivity index is 1.87. The molecule has 0 spiro atoms.